The van der Waals surface area contributed by atoms with Gasteiger partial charge in [-0.15, -0.1) is 0 Å². The summed E-state index contributed by atoms with van der Waals surface area (Å²) in [5.41, 5.74) is 2.57. The van der Waals surface area contributed by atoms with Crippen LogP contribution in [0.2, 0.25) is 0 Å². The fourth-order valence-corrected chi connectivity index (χ4v) is 1.85. The van der Waals surface area contributed by atoms with Gasteiger partial charge in [-0.05, 0) is 37.7 Å². The SMILES string of the molecule is Cc1ccc(CC(C=O)C2CC2)cc1. The molecule has 1 aromatic carbocycles. The molecule has 1 aromatic rings. The molecule has 0 bridgehead atoms. The van der Waals surface area contributed by atoms with Gasteiger partial charge in [0.2, 0.25) is 0 Å². The molecule has 1 aliphatic carbocycles. The van der Waals surface area contributed by atoms with Crippen molar-refractivity contribution in [3.63, 3.8) is 0 Å². The van der Waals surface area contributed by atoms with Crippen LogP contribution in [0.25, 0.3) is 0 Å². The van der Waals surface area contributed by atoms with Crippen LogP contribution in [0.15, 0.2) is 24.3 Å². The molecular formula is C13H16O. The Balaban J connectivity index is 2.01. The van der Waals surface area contributed by atoms with Crippen molar-refractivity contribution in [2.75, 3.05) is 0 Å². The predicted molar refractivity (Wildman–Crippen MR) is 57.2 cm³/mol. The first-order chi connectivity index (χ1) is 6.79. The summed E-state index contributed by atoms with van der Waals surface area (Å²) >= 11 is 0. The quantitative estimate of drug-likeness (QED) is 0.664. The number of hydrogen-bond acceptors (Lipinski definition) is 1. The lowest BCUT2D eigenvalue weighted by molar-refractivity contribution is -0.111. The van der Waals surface area contributed by atoms with Gasteiger partial charge in [-0.25, -0.2) is 0 Å². The third-order valence-electron chi connectivity index (χ3n) is 2.99. The van der Waals surface area contributed by atoms with Crippen molar-refractivity contribution in [2.24, 2.45) is 11.8 Å². The highest BCUT2D eigenvalue weighted by Crippen LogP contribution is 2.37. The van der Waals surface area contributed by atoms with Crippen molar-refractivity contribution in [1.82, 2.24) is 0 Å². The topological polar surface area (TPSA) is 17.1 Å². The Morgan fingerprint density at radius 3 is 2.50 bits per heavy atom. The normalized spacial score (nSPS) is 17.8. The monoisotopic (exact) mass is 188 g/mol. The van der Waals surface area contributed by atoms with E-state index in [0.717, 1.165) is 12.7 Å². The standard InChI is InChI=1S/C13H16O/c1-10-2-4-11(5-3-10)8-13(9-14)12-6-7-12/h2-5,9,12-13H,6-8H2,1H3. The van der Waals surface area contributed by atoms with Gasteiger partial charge < -0.3 is 4.79 Å². The van der Waals surface area contributed by atoms with Gasteiger partial charge in [0, 0.05) is 5.92 Å². The second-order valence-electron chi connectivity index (χ2n) is 4.33. The summed E-state index contributed by atoms with van der Waals surface area (Å²) in [6.45, 7) is 2.09. The number of benzene rings is 1. The van der Waals surface area contributed by atoms with E-state index in [2.05, 4.69) is 31.2 Å². The van der Waals surface area contributed by atoms with Crippen LogP contribution in [0.5, 0.6) is 0 Å². The molecule has 1 heteroatoms. The molecule has 0 amide bonds. The highest BCUT2D eigenvalue weighted by atomic mass is 16.1. The zero-order chi connectivity index (χ0) is 9.97. The molecule has 0 aromatic heterocycles. The predicted octanol–water partition coefficient (Wildman–Crippen LogP) is 2.76. The Bertz CT molecular complexity index is 309. The van der Waals surface area contributed by atoms with Gasteiger partial charge in [0.25, 0.3) is 0 Å². The van der Waals surface area contributed by atoms with Gasteiger partial charge in [-0.2, -0.15) is 0 Å². The first kappa shape index (κ1) is 9.45. The molecule has 1 unspecified atom stereocenters. The lowest BCUT2D eigenvalue weighted by Crippen LogP contribution is -2.08. The highest BCUT2D eigenvalue weighted by molar-refractivity contribution is 5.55. The van der Waals surface area contributed by atoms with Gasteiger partial charge in [-0.3, -0.25) is 0 Å². The van der Waals surface area contributed by atoms with Gasteiger partial charge in [-0.1, -0.05) is 29.8 Å². The summed E-state index contributed by atoms with van der Waals surface area (Å²) < 4.78 is 0. The molecule has 0 heterocycles. The molecule has 0 spiro atoms. The maximum absolute atomic E-state index is 10.9. The van der Waals surface area contributed by atoms with Gasteiger partial charge >= 0.3 is 0 Å². The van der Waals surface area contributed by atoms with Gasteiger partial charge in [0.1, 0.15) is 6.29 Å². The Kier molecular flexibility index (Phi) is 2.67. The van der Waals surface area contributed by atoms with Crippen LogP contribution >= 0.6 is 0 Å². The van der Waals surface area contributed by atoms with Gasteiger partial charge in [0.05, 0.1) is 0 Å². The van der Waals surface area contributed by atoms with Crippen molar-refractivity contribution in [3.8, 4) is 0 Å². The highest BCUT2D eigenvalue weighted by Gasteiger charge is 2.30. The molecule has 0 N–H and O–H groups in total. The van der Waals surface area contributed by atoms with E-state index in [1.807, 2.05) is 0 Å². The van der Waals surface area contributed by atoms with E-state index in [-0.39, 0.29) is 5.92 Å². The number of hydrogen-bond donors (Lipinski definition) is 0. The van der Waals surface area contributed by atoms with E-state index >= 15 is 0 Å². The molecule has 74 valence electrons. The van der Waals surface area contributed by atoms with E-state index in [9.17, 15) is 4.79 Å². The molecular weight excluding hydrogens is 172 g/mol. The summed E-state index contributed by atoms with van der Waals surface area (Å²) in [6.07, 6.45) is 4.55. The van der Waals surface area contributed by atoms with E-state index < -0.39 is 0 Å². The minimum atomic E-state index is 0.262. The molecule has 1 fully saturated rings. The summed E-state index contributed by atoms with van der Waals surface area (Å²) in [7, 11) is 0. The number of carbonyl (C=O) groups is 1. The van der Waals surface area contributed by atoms with E-state index in [4.69, 9.17) is 0 Å². The van der Waals surface area contributed by atoms with Crippen LogP contribution < -0.4 is 0 Å². The lowest BCUT2D eigenvalue weighted by atomic mass is 9.96. The Morgan fingerprint density at radius 1 is 1.36 bits per heavy atom. The van der Waals surface area contributed by atoms with Crippen molar-refractivity contribution in [1.29, 1.82) is 0 Å². The van der Waals surface area contributed by atoms with E-state index in [0.29, 0.717) is 5.92 Å². The van der Waals surface area contributed by atoms with Crippen molar-refractivity contribution in [2.45, 2.75) is 26.2 Å². The molecule has 14 heavy (non-hydrogen) atoms. The van der Waals surface area contributed by atoms with E-state index in [1.165, 1.54) is 24.0 Å². The van der Waals surface area contributed by atoms with Crippen molar-refractivity contribution in [3.05, 3.63) is 35.4 Å². The van der Waals surface area contributed by atoms with Gasteiger partial charge in [0.15, 0.2) is 0 Å². The molecule has 1 nitrogen and oxygen atoms in total. The summed E-state index contributed by atoms with van der Waals surface area (Å²) in [5.74, 6) is 0.937. The van der Waals surface area contributed by atoms with Crippen LogP contribution in [-0.2, 0) is 11.2 Å². The third kappa shape index (κ3) is 2.22. The fraction of sp³-hybridized carbons (Fsp3) is 0.462. The largest absolute Gasteiger partial charge is 0.303 e. The fourth-order valence-electron chi connectivity index (χ4n) is 1.85. The number of carbonyl (C=O) groups excluding carboxylic acids is 1. The minimum Gasteiger partial charge on any atom is -0.303 e. The first-order valence-electron chi connectivity index (χ1n) is 5.30. The molecule has 0 radical (unpaired) electrons. The average Bonchev–Trinajstić information content (AvgIpc) is 3.01. The zero-order valence-corrected chi connectivity index (χ0v) is 8.57. The second-order valence-corrected chi connectivity index (χ2v) is 4.33. The smallest absolute Gasteiger partial charge is 0.123 e. The lowest BCUT2D eigenvalue weighted by Gasteiger charge is -2.08. The van der Waals surface area contributed by atoms with Crippen LogP contribution in [0, 0.1) is 18.8 Å². The van der Waals surface area contributed by atoms with Crippen LogP contribution in [0.3, 0.4) is 0 Å². The first-order valence-corrected chi connectivity index (χ1v) is 5.30. The molecule has 1 atom stereocenters. The molecule has 0 aliphatic heterocycles. The maximum atomic E-state index is 10.9. The Labute approximate surface area is 85.1 Å². The summed E-state index contributed by atoms with van der Waals surface area (Å²) in [6, 6.07) is 8.50. The third-order valence-corrected chi connectivity index (χ3v) is 2.99. The molecule has 1 saturated carbocycles. The van der Waals surface area contributed by atoms with E-state index in [1.54, 1.807) is 0 Å². The minimum absolute atomic E-state index is 0.262. The number of aldehydes is 1. The van der Waals surface area contributed by atoms with Crippen LogP contribution in [0.4, 0.5) is 0 Å². The zero-order valence-electron chi connectivity index (χ0n) is 8.57. The molecule has 1 aliphatic rings. The van der Waals surface area contributed by atoms with Crippen LogP contribution in [0.1, 0.15) is 24.0 Å². The Hall–Kier alpha value is -1.11. The number of aryl methyl sites for hydroxylation is 1. The summed E-state index contributed by atoms with van der Waals surface area (Å²) in [5, 5.41) is 0. The average molecular weight is 188 g/mol. The summed E-state index contributed by atoms with van der Waals surface area (Å²) in [4.78, 5) is 10.9. The Morgan fingerprint density at radius 2 is 2.00 bits per heavy atom. The maximum Gasteiger partial charge on any atom is 0.123 e. The molecule has 2 rings (SSSR count). The van der Waals surface area contributed by atoms with Crippen molar-refractivity contribution < 1.29 is 4.79 Å². The van der Waals surface area contributed by atoms with Crippen molar-refractivity contribution >= 4 is 6.29 Å². The second kappa shape index (κ2) is 3.95. The number of rotatable bonds is 4. The van der Waals surface area contributed by atoms with Crippen LogP contribution in [-0.4, -0.2) is 6.29 Å². The molecule has 0 saturated heterocycles.